The molecule has 1 aromatic rings. The summed E-state index contributed by atoms with van der Waals surface area (Å²) in [6, 6.07) is -1.05. The molecule has 1 saturated heterocycles. The molecule has 1 fully saturated rings. The number of nitrogen functional groups attached to an aromatic ring is 1. The molecule has 2 amide bonds. The fourth-order valence-corrected chi connectivity index (χ4v) is 6.66. The molecule has 0 radical (unpaired) electrons. The number of fused-ring (bicyclic) bond motifs is 1. The number of amidine groups is 1. The fourth-order valence-electron chi connectivity index (χ4n) is 3.63. The van der Waals surface area contributed by atoms with Crippen molar-refractivity contribution in [2.45, 2.75) is 24.4 Å². The van der Waals surface area contributed by atoms with Crippen LogP contribution < -0.4 is 16.8 Å². The predicted molar refractivity (Wildman–Crippen MR) is 146 cm³/mol. The van der Waals surface area contributed by atoms with E-state index in [0.717, 1.165) is 16.2 Å². The number of β-lactam (4-membered cyclic amide) rings is 1. The van der Waals surface area contributed by atoms with Crippen molar-refractivity contribution in [1.82, 2.24) is 20.1 Å². The number of anilines is 1. The number of nitrogens with two attached hydrogens (primary N) is 2. The van der Waals surface area contributed by atoms with Gasteiger partial charge >= 0.3 is 11.9 Å². The number of nitrogens with one attached hydrogen (secondary N) is 1. The molecular formula is C21H24N8O7S3. The van der Waals surface area contributed by atoms with Gasteiger partial charge in [0.2, 0.25) is 6.10 Å². The number of carboxylic acid groups (broad SMARTS) is 2. The topological polar surface area (TPSA) is 226 Å². The van der Waals surface area contributed by atoms with Crippen molar-refractivity contribution in [2.24, 2.45) is 15.9 Å². The van der Waals surface area contributed by atoms with Crippen molar-refractivity contribution >= 4 is 74.6 Å². The summed E-state index contributed by atoms with van der Waals surface area (Å²) in [7, 11) is 1.84. The average molecular weight is 597 g/mol. The normalized spacial score (nSPS) is 21.9. The lowest BCUT2D eigenvalue weighted by molar-refractivity contribution is -0.150. The van der Waals surface area contributed by atoms with Gasteiger partial charge in [0.25, 0.3) is 11.8 Å². The highest BCUT2D eigenvalue weighted by Gasteiger charge is 2.54. The van der Waals surface area contributed by atoms with E-state index in [0.29, 0.717) is 28.9 Å². The Morgan fingerprint density at radius 2 is 2.10 bits per heavy atom. The van der Waals surface area contributed by atoms with Crippen LogP contribution in [-0.4, -0.2) is 102 Å². The number of thiazole rings is 1. The molecule has 1 aromatic heterocycles. The molecule has 0 saturated carbocycles. The van der Waals surface area contributed by atoms with Crippen molar-refractivity contribution in [3.63, 3.8) is 0 Å². The van der Waals surface area contributed by atoms with Gasteiger partial charge in [0, 0.05) is 30.5 Å². The first-order chi connectivity index (χ1) is 18.5. The fraction of sp³-hybridized carbons (Fsp3) is 0.381. The Morgan fingerprint density at radius 1 is 1.36 bits per heavy atom. The van der Waals surface area contributed by atoms with Crippen molar-refractivity contribution in [1.29, 1.82) is 0 Å². The highest BCUT2D eigenvalue weighted by atomic mass is 32.2. The number of hydrogen-bond donors (Lipinski definition) is 5. The molecule has 39 heavy (non-hydrogen) atoms. The number of thioether (sulfide) groups is 2. The van der Waals surface area contributed by atoms with Crippen LogP contribution in [0.5, 0.6) is 0 Å². The number of carbonyl (C=O) groups is 4. The number of nitrogens with zero attached hydrogens (tertiary/aromatic N) is 5. The van der Waals surface area contributed by atoms with E-state index >= 15 is 0 Å². The van der Waals surface area contributed by atoms with Crippen LogP contribution in [0, 0.1) is 0 Å². The summed E-state index contributed by atoms with van der Waals surface area (Å²) in [6.07, 6.45) is 0.406. The number of aromatic nitrogens is 1. The first-order valence-corrected chi connectivity index (χ1v) is 14.2. The molecule has 18 heteroatoms. The van der Waals surface area contributed by atoms with Gasteiger partial charge in [-0.2, -0.15) is 0 Å². The van der Waals surface area contributed by atoms with Gasteiger partial charge < -0.3 is 36.7 Å². The molecule has 0 aliphatic carbocycles. The number of oxime groups is 1. The molecule has 7 N–H and O–H groups in total. The molecule has 15 nitrogen and oxygen atoms in total. The third-order valence-electron chi connectivity index (χ3n) is 5.67. The molecule has 1 unspecified atom stereocenters. The van der Waals surface area contributed by atoms with E-state index in [1.54, 1.807) is 6.08 Å². The standard InChI is InChI=1S/C21H24N8O7S3/c1-8(18(32)33)36-27-12(10-7-38-20(23)24-10)15(30)26-13-16(31)29-14(19(34)35)9(5-37-17(13)29)6-39-21-25-11(22)3-4-28(21)2/h3,7-8,13,17H,4-6,22H2,1-2H3,(H2,23,24)(H,26,30)(H,32,33)(H,34,35)/b27-12-/t8-,13?,17+/m1/s1. The maximum Gasteiger partial charge on any atom is 0.352 e. The summed E-state index contributed by atoms with van der Waals surface area (Å²) in [5.74, 6) is -3.07. The van der Waals surface area contributed by atoms with Crippen molar-refractivity contribution < 1.29 is 34.2 Å². The lowest BCUT2D eigenvalue weighted by Gasteiger charge is -2.49. The molecular weight excluding hydrogens is 572 g/mol. The lowest BCUT2D eigenvalue weighted by Crippen LogP contribution is -2.71. The van der Waals surface area contributed by atoms with E-state index in [1.165, 1.54) is 35.8 Å². The summed E-state index contributed by atoms with van der Waals surface area (Å²) >= 11 is 3.64. The van der Waals surface area contributed by atoms with E-state index in [1.807, 2.05) is 11.9 Å². The molecule has 0 aromatic carbocycles. The molecule has 0 bridgehead atoms. The maximum absolute atomic E-state index is 13.1. The predicted octanol–water partition coefficient (Wildman–Crippen LogP) is -0.508. The van der Waals surface area contributed by atoms with Crippen LogP contribution >= 0.6 is 34.9 Å². The van der Waals surface area contributed by atoms with Gasteiger partial charge in [-0.25, -0.2) is 19.6 Å². The van der Waals surface area contributed by atoms with Crippen LogP contribution in [0.1, 0.15) is 12.6 Å². The molecule has 3 atom stereocenters. The smallest absolute Gasteiger partial charge is 0.352 e. The Morgan fingerprint density at radius 3 is 2.74 bits per heavy atom. The van der Waals surface area contributed by atoms with E-state index in [4.69, 9.17) is 21.4 Å². The van der Waals surface area contributed by atoms with Gasteiger partial charge in [0.1, 0.15) is 28.6 Å². The number of likely N-dealkylation sites (N-methyl/N-ethyl adjacent to an activating group) is 1. The minimum absolute atomic E-state index is 0.0315. The van der Waals surface area contributed by atoms with Crippen LogP contribution in [0.15, 0.2) is 38.7 Å². The van der Waals surface area contributed by atoms with E-state index in [9.17, 15) is 24.3 Å². The first-order valence-electron chi connectivity index (χ1n) is 11.2. The second kappa shape index (κ2) is 11.5. The number of carbonyl (C=O) groups excluding carboxylic acids is 2. The minimum atomic E-state index is -1.36. The summed E-state index contributed by atoms with van der Waals surface area (Å²) in [5, 5.41) is 26.7. The highest BCUT2D eigenvalue weighted by Crippen LogP contribution is 2.41. The van der Waals surface area contributed by atoms with E-state index in [2.05, 4.69) is 20.4 Å². The zero-order chi connectivity index (χ0) is 28.4. The first kappa shape index (κ1) is 28.2. The summed E-state index contributed by atoms with van der Waals surface area (Å²) in [5.41, 5.74) is 11.5. The Balaban J connectivity index is 1.50. The Kier molecular flexibility index (Phi) is 8.36. The molecule has 4 heterocycles. The van der Waals surface area contributed by atoms with Crippen molar-refractivity contribution in [2.75, 3.05) is 30.8 Å². The molecule has 4 rings (SSSR count). The molecule has 3 aliphatic heterocycles. The van der Waals surface area contributed by atoms with Crippen LogP contribution in [0.3, 0.4) is 0 Å². The number of amides is 2. The zero-order valence-corrected chi connectivity index (χ0v) is 23.0. The van der Waals surface area contributed by atoms with Crippen LogP contribution in [0.2, 0.25) is 0 Å². The van der Waals surface area contributed by atoms with Crippen LogP contribution in [0.4, 0.5) is 5.13 Å². The Hall–Kier alpha value is -3.77. The number of hydrogen-bond acceptors (Lipinski definition) is 14. The largest absolute Gasteiger partial charge is 0.478 e. The monoisotopic (exact) mass is 596 g/mol. The Labute approximate surface area is 234 Å². The second-order valence-corrected chi connectivity index (χ2v) is 11.3. The minimum Gasteiger partial charge on any atom is -0.478 e. The van der Waals surface area contributed by atoms with Gasteiger partial charge in [-0.3, -0.25) is 14.5 Å². The van der Waals surface area contributed by atoms with Crippen molar-refractivity contribution in [3.8, 4) is 0 Å². The second-order valence-electron chi connectivity index (χ2n) is 8.41. The molecule has 3 aliphatic rings. The SMILES string of the molecule is C[C@@H](O/N=C(\C(=O)NC1C(=O)N2C(C(=O)O)=C(CSC3=NC(N)=CCN3C)CS[C@@H]12)c1csc(N)n1)C(=O)O. The van der Waals surface area contributed by atoms with Gasteiger partial charge in [0.15, 0.2) is 16.0 Å². The summed E-state index contributed by atoms with van der Waals surface area (Å²) < 4.78 is 0. The quantitative estimate of drug-likeness (QED) is 0.138. The third-order valence-corrected chi connectivity index (χ3v) is 8.83. The number of carboxylic acids is 2. The third kappa shape index (κ3) is 5.96. The Bertz CT molecular complexity index is 1340. The molecule has 208 valence electrons. The van der Waals surface area contributed by atoms with Gasteiger partial charge in [-0.05, 0) is 18.6 Å². The van der Waals surface area contributed by atoms with Crippen molar-refractivity contribution in [3.05, 3.63) is 34.2 Å². The number of rotatable bonds is 9. The number of aliphatic imine (C=N–C) groups is 1. The van der Waals surface area contributed by atoms with Gasteiger partial charge in [-0.1, -0.05) is 16.9 Å². The summed E-state index contributed by atoms with van der Waals surface area (Å²) in [4.78, 5) is 65.6. The van der Waals surface area contributed by atoms with Gasteiger partial charge in [-0.15, -0.1) is 23.1 Å². The maximum atomic E-state index is 13.1. The zero-order valence-electron chi connectivity index (χ0n) is 20.6. The lowest BCUT2D eigenvalue weighted by atomic mass is 10.0. The van der Waals surface area contributed by atoms with Gasteiger partial charge in [0.05, 0.1) is 0 Å². The molecule has 0 spiro atoms. The number of aliphatic carboxylic acids is 2. The van der Waals surface area contributed by atoms with Crippen LogP contribution in [-0.2, 0) is 24.0 Å². The average Bonchev–Trinajstić information content (AvgIpc) is 3.32. The highest BCUT2D eigenvalue weighted by molar-refractivity contribution is 8.14. The summed E-state index contributed by atoms with van der Waals surface area (Å²) in [6.45, 7) is 1.80. The van der Waals surface area contributed by atoms with E-state index in [-0.39, 0.29) is 28.0 Å². The van der Waals surface area contributed by atoms with Crippen LogP contribution in [0.25, 0.3) is 0 Å². The van der Waals surface area contributed by atoms with E-state index < -0.39 is 41.3 Å².